The van der Waals surface area contributed by atoms with Crippen molar-refractivity contribution in [3.8, 4) is 5.88 Å². The van der Waals surface area contributed by atoms with E-state index in [1.807, 2.05) is 6.92 Å². The minimum Gasteiger partial charge on any atom is -0.481 e. The van der Waals surface area contributed by atoms with Crippen LogP contribution in [0.15, 0.2) is 42.1 Å². The van der Waals surface area contributed by atoms with Crippen molar-refractivity contribution >= 4 is 17.8 Å². The molecule has 5 nitrogen and oxygen atoms in total. The molecule has 1 unspecified atom stereocenters. The van der Waals surface area contributed by atoms with Gasteiger partial charge in [-0.2, -0.15) is 13.2 Å². The number of alkyl halides is 3. The van der Waals surface area contributed by atoms with Crippen molar-refractivity contribution in [3.05, 3.63) is 59.0 Å². The minimum atomic E-state index is -4.75. The highest BCUT2D eigenvalue weighted by molar-refractivity contribution is 5.89. The van der Waals surface area contributed by atoms with E-state index < -0.39 is 17.6 Å². The molecule has 160 valence electrons. The Kier molecular flexibility index (Phi) is 6.28. The summed E-state index contributed by atoms with van der Waals surface area (Å²) in [4.78, 5) is 18.2. The fraction of sp³-hybridized carbons (Fsp3) is 0.333. The monoisotopic (exact) mass is 423 g/mol. The number of piperidine rings is 1. The zero-order valence-corrected chi connectivity index (χ0v) is 16.5. The van der Waals surface area contributed by atoms with Gasteiger partial charge in [0.25, 0.3) is 0 Å². The fourth-order valence-corrected chi connectivity index (χ4v) is 3.29. The lowest BCUT2D eigenvalue weighted by atomic mass is 9.91. The number of aromatic nitrogens is 1. The zero-order valence-electron chi connectivity index (χ0n) is 16.5. The normalized spacial score (nSPS) is 18.4. The largest absolute Gasteiger partial charge is 0.481 e. The fourth-order valence-electron chi connectivity index (χ4n) is 3.29. The second kappa shape index (κ2) is 8.73. The molecule has 1 fully saturated rings. The number of nitrogens with one attached hydrogen (secondary N) is 1. The van der Waals surface area contributed by atoms with E-state index >= 15 is 0 Å². The first-order chi connectivity index (χ1) is 14.2. The van der Waals surface area contributed by atoms with Crippen molar-refractivity contribution in [1.82, 2.24) is 9.88 Å². The maximum absolute atomic E-state index is 13.5. The first kappa shape index (κ1) is 21.6. The van der Waals surface area contributed by atoms with Crippen molar-refractivity contribution < 1.29 is 27.1 Å². The number of nitrogens with zero attached hydrogens (tertiary/aromatic N) is 2. The molecule has 1 aliphatic rings. The Bertz CT molecular complexity index is 942. The molecule has 0 bridgehead atoms. The first-order valence-electron chi connectivity index (χ1n) is 9.30. The number of hydrogen-bond acceptors (Lipinski definition) is 3. The van der Waals surface area contributed by atoms with Crippen LogP contribution in [0.5, 0.6) is 5.88 Å². The number of halogens is 4. The first-order valence-corrected chi connectivity index (χ1v) is 9.30. The van der Waals surface area contributed by atoms with Gasteiger partial charge in [0.15, 0.2) is 0 Å². The van der Waals surface area contributed by atoms with Gasteiger partial charge < -0.3 is 15.0 Å². The highest BCUT2D eigenvalue weighted by atomic mass is 19.4. The molecule has 9 heteroatoms. The summed E-state index contributed by atoms with van der Waals surface area (Å²) in [5.41, 5.74) is 0.438. The molecule has 3 rings (SSSR count). The van der Waals surface area contributed by atoms with E-state index in [9.17, 15) is 22.4 Å². The molecule has 2 heterocycles. The molecule has 0 aliphatic carbocycles. The van der Waals surface area contributed by atoms with E-state index in [1.54, 1.807) is 23.1 Å². The van der Waals surface area contributed by atoms with Crippen molar-refractivity contribution in [2.45, 2.75) is 19.5 Å². The topological polar surface area (TPSA) is 54.5 Å². The van der Waals surface area contributed by atoms with E-state index in [-0.39, 0.29) is 17.5 Å². The van der Waals surface area contributed by atoms with Crippen LogP contribution in [0, 0.1) is 11.7 Å². The van der Waals surface area contributed by atoms with Gasteiger partial charge in [-0.15, -0.1) is 0 Å². The lowest BCUT2D eigenvalue weighted by molar-refractivity contribution is -0.140. The Morgan fingerprint density at radius 1 is 1.30 bits per heavy atom. The van der Waals surface area contributed by atoms with Crippen molar-refractivity contribution in [3.63, 3.8) is 0 Å². The van der Waals surface area contributed by atoms with Gasteiger partial charge in [-0.05, 0) is 36.1 Å². The smallest absolute Gasteiger partial charge is 0.419 e. The summed E-state index contributed by atoms with van der Waals surface area (Å²) < 4.78 is 57.2. The van der Waals surface area contributed by atoms with Crippen LogP contribution >= 0.6 is 0 Å². The molecule has 0 saturated carbocycles. The molecule has 1 aromatic heterocycles. The Balaban J connectivity index is 1.66. The van der Waals surface area contributed by atoms with Crippen LogP contribution in [0.4, 0.5) is 28.0 Å². The molecule has 2 aromatic rings. The van der Waals surface area contributed by atoms with Gasteiger partial charge in [-0.1, -0.05) is 24.6 Å². The number of benzene rings is 1. The number of carbonyl (C=O) groups excluding carboxylic acids is 1. The highest BCUT2D eigenvalue weighted by Crippen LogP contribution is 2.33. The number of urea groups is 1. The Morgan fingerprint density at radius 2 is 2.07 bits per heavy atom. The maximum atomic E-state index is 13.5. The number of ether oxygens (including phenoxy) is 1. The van der Waals surface area contributed by atoms with E-state index in [1.165, 1.54) is 19.4 Å². The molecular formula is C21H21F4N3O2. The number of carbonyl (C=O) groups is 1. The second-order valence-corrected chi connectivity index (χ2v) is 7.07. The summed E-state index contributed by atoms with van der Waals surface area (Å²) in [6.45, 7) is 2.72. The summed E-state index contributed by atoms with van der Waals surface area (Å²) >= 11 is 0. The van der Waals surface area contributed by atoms with E-state index in [2.05, 4.69) is 10.3 Å². The predicted octanol–water partition coefficient (Wildman–Crippen LogP) is 5.21. The summed E-state index contributed by atoms with van der Waals surface area (Å²) in [6.07, 6.45) is -1.11. The van der Waals surface area contributed by atoms with Crippen molar-refractivity contribution in [2.75, 3.05) is 25.5 Å². The molecule has 1 saturated heterocycles. The van der Waals surface area contributed by atoms with Gasteiger partial charge in [0, 0.05) is 19.2 Å². The molecule has 1 atom stereocenters. The van der Waals surface area contributed by atoms with Gasteiger partial charge in [0.1, 0.15) is 5.82 Å². The molecule has 1 aromatic carbocycles. The average Bonchev–Trinajstić information content (AvgIpc) is 2.70. The molecule has 0 radical (unpaired) electrons. The third kappa shape index (κ3) is 5.08. The quantitative estimate of drug-likeness (QED) is 0.690. The molecule has 1 aliphatic heterocycles. The van der Waals surface area contributed by atoms with Crippen LogP contribution < -0.4 is 10.1 Å². The summed E-state index contributed by atoms with van der Waals surface area (Å²) in [6, 6.07) is 5.98. The molecule has 0 spiro atoms. The van der Waals surface area contributed by atoms with Gasteiger partial charge in [0.05, 0.1) is 24.6 Å². The molecule has 30 heavy (non-hydrogen) atoms. The van der Waals surface area contributed by atoms with Crippen molar-refractivity contribution in [1.29, 1.82) is 0 Å². The van der Waals surface area contributed by atoms with Crippen LogP contribution in [-0.4, -0.2) is 36.1 Å². The lowest BCUT2D eigenvalue weighted by Crippen LogP contribution is -2.42. The van der Waals surface area contributed by atoms with Gasteiger partial charge in [-0.25, -0.2) is 14.2 Å². The number of anilines is 1. The number of rotatable bonds is 3. The van der Waals surface area contributed by atoms with Gasteiger partial charge in [0.2, 0.25) is 5.88 Å². The van der Waals surface area contributed by atoms with E-state index in [0.29, 0.717) is 31.1 Å². The van der Waals surface area contributed by atoms with Crippen LogP contribution in [0.3, 0.4) is 0 Å². The number of amides is 2. The third-order valence-electron chi connectivity index (χ3n) is 4.93. The number of hydrogen-bond donors (Lipinski definition) is 1. The second-order valence-electron chi connectivity index (χ2n) is 7.07. The molecule has 1 N–H and O–H groups in total. The predicted molar refractivity (Wildman–Crippen MR) is 105 cm³/mol. The van der Waals surface area contributed by atoms with Crippen LogP contribution in [0.2, 0.25) is 0 Å². The lowest BCUT2D eigenvalue weighted by Gasteiger charge is -2.33. The maximum Gasteiger partial charge on any atom is 0.419 e. The van der Waals surface area contributed by atoms with E-state index in [0.717, 1.165) is 17.7 Å². The Labute approximate surface area is 171 Å². The summed E-state index contributed by atoms with van der Waals surface area (Å²) in [5, 5.41) is 2.76. The summed E-state index contributed by atoms with van der Waals surface area (Å²) in [7, 11) is 1.50. The van der Waals surface area contributed by atoms with Crippen LogP contribution in [-0.2, 0) is 6.18 Å². The Morgan fingerprint density at radius 3 is 2.67 bits per heavy atom. The number of methoxy groups -OCH3 is 1. The standard InChI is InChI=1S/C21H21F4N3O2/c1-13-12-28(20(29)27-16-4-6-19(30-2)26-11-16)8-7-15(13)9-14-3-5-18(22)17(10-14)21(23,24)25/h3-6,9-11,13H,7-8,12H2,1-2H3,(H,27,29)/b15-9+. The SMILES string of the molecule is COc1ccc(NC(=O)N2CC/C(=C\c3ccc(F)c(C(F)(F)F)c3)C(C)C2)cn1. The third-order valence-corrected chi connectivity index (χ3v) is 4.93. The average molecular weight is 423 g/mol. The zero-order chi connectivity index (χ0) is 21.9. The van der Waals surface area contributed by atoms with Gasteiger partial charge in [-0.3, -0.25) is 0 Å². The molecular weight excluding hydrogens is 402 g/mol. The minimum absolute atomic E-state index is 0.0575. The number of likely N-dealkylation sites (tertiary alicyclic amines) is 1. The van der Waals surface area contributed by atoms with Crippen molar-refractivity contribution in [2.24, 2.45) is 5.92 Å². The molecule has 2 amide bonds. The van der Waals surface area contributed by atoms with Crippen LogP contribution in [0.1, 0.15) is 24.5 Å². The summed E-state index contributed by atoms with van der Waals surface area (Å²) in [5.74, 6) is -0.918. The Hall–Kier alpha value is -3.10. The number of pyridine rings is 1. The van der Waals surface area contributed by atoms with E-state index in [4.69, 9.17) is 4.74 Å². The van der Waals surface area contributed by atoms with Gasteiger partial charge >= 0.3 is 12.2 Å². The van der Waals surface area contributed by atoms with Crippen LogP contribution in [0.25, 0.3) is 6.08 Å². The highest BCUT2D eigenvalue weighted by Gasteiger charge is 2.34.